The molecule has 1 aromatic carbocycles. The summed E-state index contributed by atoms with van der Waals surface area (Å²) < 4.78 is 37.3. The van der Waals surface area contributed by atoms with Gasteiger partial charge in [0.05, 0.1) is 10.6 Å². The third-order valence-corrected chi connectivity index (χ3v) is 4.70. The number of nitrogen functional groups attached to an aromatic ring is 1. The molecule has 1 aliphatic heterocycles. The Morgan fingerprint density at radius 2 is 1.95 bits per heavy atom. The van der Waals surface area contributed by atoms with E-state index in [9.17, 15) is 17.6 Å². The maximum absolute atomic E-state index is 13.3. The maximum Gasteiger partial charge on any atom is 0.238 e. The van der Waals surface area contributed by atoms with Gasteiger partial charge in [-0.1, -0.05) is 0 Å². The number of likely N-dealkylation sites (tertiary alicyclic amines) is 1. The topological polar surface area (TPSA) is 80.5 Å². The van der Waals surface area contributed by atoms with E-state index in [1.165, 1.54) is 17.0 Å². The van der Waals surface area contributed by atoms with E-state index in [4.69, 9.17) is 5.73 Å². The van der Waals surface area contributed by atoms with E-state index in [2.05, 4.69) is 0 Å². The molecule has 0 radical (unpaired) electrons. The van der Waals surface area contributed by atoms with Crippen LogP contribution in [0.15, 0.2) is 23.1 Å². The molecule has 0 aliphatic carbocycles. The van der Waals surface area contributed by atoms with Crippen LogP contribution in [0.3, 0.4) is 0 Å². The molecule has 2 rings (SSSR count). The fourth-order valence-electron chi connectivity index (χ4n) is 2.01. The van der Waals surface area contributed by atoms with Gasteiger partial charge < -0.3 is 10.6 Å². The molecule has 1 aromatic rings. The van der Waals surface area contributed by atoms with Crippen molar-refractivity contribution < 1.29 is 17.6 Å². The van der Waals surface area contributed by atoms with Crippen molar-refractivity contribution in [1.29, 1.82) is 0 Å². The van der Waals surface area contributed by atoms with Gasteiger partial charge in [0.1, 0.15) is 11.6 Å². The normalized spacial score (nSPS) is 15.7. The van der Waals surface area contributed by atoms with Crippen LogP contribution in [0.4, 0.5) is 10.1 Å². The zero-order valence-corrected chi connectivity index (χ0v) is 11.1. The molecule has 0 spiro atoms. The number of sulfone groups is 1. The van der Waals surface area contributed by atoms with Crippen LogP contribution < -0.4 is 5.73 Å². The van der Waals surface area contributed by atoms with Gasteiger partial charge in [0, 0.05) is 13.1 Å². The molecule has 2 N–H and O–H groups in total. The van der Waals surface area contributed by atoms with Crippen LogP contribution in [-0.2, 0) is 14.6 Å². The molecule has 0 aromatic heterocycles. The summed E-state index contributed by atoms with van der Waals surface area (Å²) >= 11 is 0. The highest BCUT2D eigenvalue weighted by Crippen LogP contribution is 2.18. The Morgan fingerprint density at radius 1 is 1.32 bits per heavy atom. The van der Waals surface area contributed by atoms with Crippen molar-refractivity contribution in [3.8, 4) is 0 Å². The van der Waals surface area contributed by atoms with Crippen LogP contribution in [0.2, 0.25) is 0 Å². The number of amides is 1. The smallest absolute Gasteiger partial charge is 0.238 e. The summed E-state index contributed by atoms with van der Waals surface area (Å²) in [5, 5.41) is 0. The van der Waals surface area contributed by atoms with Gasteiger partial charge in [-0.25, -0.2) is 12.8 Å². The second-order valence-corrected chi connectivity index (χ2v) is 6.52. The summed E-state index contributed by atoms with van der Waals surface area (Å²) in [6.45, 7) is 1.18. The molecule has 1 saturated heterocycles. The number of hydrogen-bond acceptors (Lipinski definition) is 4. The highest BCUT2D eigenvalue weighted by atomic mass is 32.2. The molecule has 0 atom stereocenters. The van der Waals surface area contributed by atoms with Crippen LogP contribution in [0.25, 0.3) is 0 Å². The monoisotopic (exact) mass is 286 g/mol. The second-order valence-electron chi connectivity index (χ2n) is 4.53. The minimum atomic E-state index is -3.82. The summed E-state index contributed by atoms with van der Waals surface area (Å²) in [7, 11) is -3.82. The average Bonchev–Trinajstić information content (AvgIpc) is 2.85. The first kappa shape index (κ1) is 13.8. The van der Waals surface area contributed by atoms with Crippen LogP contribution in [0, 0.1) is 5.82 Å². The standard InChI is InChI=1S/C12H15FN2O3S/c13-10-7-9(3-4-11(10)14)19(17,18)8-12(16)15-5-1-2-6-15/h3-4,7H,1-2,5-6,8,14H2. The summed E-state index contributed by atoms with van der Waals surface area (Å²) in [4.78, 5) is 13.1. The van der Waals surface area contributed by atoms with E-state index >= 15 is 0 Å². The van der Waals surface area contributed by atoms with Gasteiger partial charge in [-0.2, -0.15) is 0 Å². The van der Waals surface area contributed by atoms with Gasteiger partial charge in [-0.3, -0.25) is 4.79 Å². The van der Waals surface area contributed by atoms with Crippen molar-refractivity contribution in [2.24, 2.45) is 0 Å². The number of nitrogens with zero attached hydrogens (tertiary/aromatic N) is 1. The van der Waals surface area contributed by atoms with E-state index in [1.54, 1.807) is 0 Å². The number of halogens is 1. The van der Waals surface area contributed by atoms with Gasteiger partial charge in [0.25, 0.3) is 0 Å². The molecule has 0 saturated carbocycles. The molecular formula is C12H15FN2O3S. The first-order valence-electron chi connectivity index (χ1n) is 5.96. The second kappa shape index (κ2) is 5.16. The fraction of sp³-hybridized carbons (Fsp3) is 0.417. The zero-order chi connectivity index (χ0) is 14.0. The van der Waals surface area contributed by atoms with E-state index in [0.29, 0.717) is 13.1 Å². The van der Waals surface area contributed by atoms with E-state index in [-0.39, 0.29) is 10.6 Å². The Hall–Kier alpha value is -1.63. The lowest BCUT2D eigenvalue weighted by Gasteiger charge is -2.15. The minimum Gasteiger partial charge on any atom is -0.396 e. The predicted molar refractivity (Wildman–Crippen MR) is 68.7 cm³/mol. The zero-order valence-electron chi connectivity index (χ0n) is 10.3. The number of hydrogen-bond donors (Lipinski definition) is 1. The number of carbonyl (C=O) groups excluding carboxylic acids is 1. The molecule has 7 heteroatoms. The van der Waals surface area contributed by atoms with Crippen molar-refractivity contribution in [1.82, 2.24) is 4.90 Å². The highest BCUT2D eigenvalue weighted by Gasteiger charge is 2.25. The molecular weight excluding hydrogens is 271 g/mol. The quantitative estimate of drug-likeness (QED) is 0.834. The van der Waals surface area contributed by atoms with Crippen LogP contribution >= 0.6 is 0 Å². The molecule has 1 amide bonds. The van der Waals surface area contributed by atoms with Gasteiger partial charge >= 0.3 is 0 Å². The highest BCUT2D eigenvalue weighted by molar-refractivity contribution is 7.92. The summed E-state index contributed by atoms with van der Waals surface area (Å²) in [5.41, 5.74) is 5.17. The Balaban J connectivity index is 2.17. The van der Waals surface area contributed by atoms with Crippen molar-refractivity contribution in [3.05, 3.63) is 24.0 Å². The predicted octanol–water partition coefficient (Wildman–Crippen LogP) is 0.804. The number of carbonyl (C=O) groups is 1. The lowest BCUT2D eigenvalue weighted by atomic mass is 10.3. The van der Waals surface area contributed by atoms with Gasteiger partial charge in [0.15, 0.2) is 9.84 Å². The van der Waals surface area contributed by atoms with Gasteiger partial charge in [0.2, 0.25) is 5.91 Å². The lowest BCUT2D eigenvalue weighted by Crippen LogP contribution is -2.33. The molecule has 1 aliphatic rings. The lowest BCUT2D eigenvalue weighted by molar-refractivity contribution is -0.127. The molecule has 5 nitrogen and oxygen atoms in total. The number of anilines is 1. The third kappa shape index (κ3) is 3.04. The number of rotatable bonds is 3. The maximum atomic E-state index is 13.3. The van der Waals surface area contributed by atoms with Crippen molar-refractivity contribution in [2.75, 3.05) is 24.6 Å². The van der Waals surface area contributed by atoms with Crippen LogP contribution in [0.1, 0.15) is 12.8 Å². The summed E-state index contributed by atoms with van der Waals surface area (Å²) in [6.07, 6.45) is 1.78. The van der Waals surface area contributed by atoms with Crippen molar-refractivity contribution in [3.63, 3.8) is 0 Å². The molecule has 104 valence electrons. The molecule has 0 unspecified atom stereocenters. The first-order chi connectivity index (χ1) is 8.90. The molecule has 19 heavy (non-hydrogen) atoms. The fourth-order valence-corrected chi connectivity index (χ4v) is 3.24. The summed E-state index contributed by atoms with van der Waals surface area (Å²) in [6, 6.07) is 3.25. The number of nitrogens with two attached hydrogens (primary N) is 1. The molecule has 1 fully saturated rings. The number of benzene rings is 1. The minimum absolute atomic E-state index is 0.121. The Bertz CT molecular complexity index is 595. The Labute approximate surface area is 111 Å². The van der Waals surface area contributed by atoms with Crippen molar-refractivity contribution in [2.45, 2.75) is 17.7 Å². The largest absolute Gasteiger partial charge is 0.396 e. The van der Waals surface area contributed by atoms with Crippen LogP contribution in [-0.4, -0.2) is 38.1 Å². The molecule has 0 bridgehead atoms. The van der Waals surface area contributed by atoms with Crippen molar-refractivity contribution >= 4 is 21.4 Å². The van der Waals surface area contributed by atoms with Gasteiger partial charge in [-0.05, 0) is 31.0 Å². The average molecular weight is 286 g/mol. The summed E-state index contributed by atoms with van der Waals surface area (Å²) in [5.74, 6) is -1.86. The molecule has 1 heterocycles. The Kier molecular flexibility index (Phi) is 3.75. The van der Waals surface area contributed by atoms with Gasteiger partial charge in [-0.15, -0.1) is 0 Å². The SMILES string of the molecule is Nc1ccc(S(=O)(=O)CC(=O)N2CCCC2)cc1F. The van der Waals surface area contributed by atoms with Crippen LogP contribution in [0.5, 0.6) is 0 Å². The first-order valence-corrected chi connectivity index (χ1v) is 7.61. The van der Waals surface area contributed by atoms with E-state index in [0.717, 1.165) is 18.9 Å². The Morgan fingerprint density at radius 3 is 2.53 bits per heavy atom. The van der Waals surface area contributed by atoms with E-state index < -0.39 is 27.3 Å². The van der Waals surface area contributed by atoms with E-state index in [1.807, 2.05) is 0 Å². The third-order valence-electron chi connectivity index (χ3n) is 3.10.